The van der Waals surface area contributed by atoms with Crippen LogP contribution in [0.4, 0.5) is 5.69 Å². The number of hydrogen-bond donors (Lipinski definition) is 1. The second-order valence-electron chi connectivity index (χ2n) is 8.45. The Morgan fingerprint density at radius 2 is 1.82 bits per heavy atom. The number of nitro benzene ring substituents is 1. The molecule has 2 aromatic carbocycles. The van der Waals surface area contributed by atoms with Crippen LogP contribution in [0.1, 0.15) is 31.7 Å². The number of amides is 1. The number of carbonyl (C=O) groups excluding carboxylic acids is 1. The van der Waals surface area contributed by atoms with E-state index < -0.39 is 4.92 Å². The third-order valence-electron chi connectivity index (χ3n) is 6.01. The van der Waals surface area contributed by atoms with Crippen molar-refractivity contribution in [2.45, 2.75) is 38.6 Å². The molecule has 1 saturated heterocycles. The first-order valence-electron chi connectivity index (χ1n) is 11.4. The summed E-state index contributed by atoms with van der Waals surface area (Å²) in [5.41, 5.74) is 3.09. The van der Waals surface area contributed by atoms with E-state index in [4.69, 9.17) is 5.10 Å². The van der Waals surface area contributed by atoms with Crippen LogP contribution in [-0.4, -0.2) is 51.2 Å². The highest BCUT2D eigenvalue weighted by molar-refractivity contribution is 5.81. The number of piperidine rings is 1. The summed E-state index contributed by atoms with van der Waals surface area (Å²) in [7, 11) is 0. The summed E-state index contributed by atoms with van der Waals surface area (Å²) in [6.45, 7) is 5.32. The second kappa shape index (κ2) is 10.4. The lowest BCUT2D eigenvalue weighted by molar-refractivity contribution is -0.384. The summed E-state index contributed by atoms with van der Waals surface area (Å²) >= 11 is 0. The first-order valence-corrected chi connectivity index (χ1v) is 11.4. The smallest absolute Gasteiger partial charge is 0.269 e. The molecule has 1 aliphatic heterocycles. The number of non-ortho nitro benzene ring substituents is 1. The molecule has 33 heavy (non-hydrogen) atoms. The molecule has 172 valence electrons. The Morgan fingerprint density at radius 1 is 1.12 bits per heavy atom. The van der Waals surface area contributed by atoms with Crippen molar-refractivity contribution in [3.05, 3.63) is 76.5 Å². The van der Waals surface area contributed by atoms with Gasteiger partial charge in [0.15, 0.2) is 0 Å². The van der Waals surface area contributed by atoms with Crippen molar-refractivity contribution >= 4 is 11.6 Å². The van der Waals surface area contributed by atoms with Gasteiger partial charge < -0.3 is 10.2 Å². The van der Waals surface area contributed by atoms with Gasteiger partial charge in [0, 0.05) is 48.6 Å². The molecule has 0 spiro atoms. The topological polar surface area (TPSA) is 93.3 Å². The van der Waals surface area contributed by atoms with Gasteiger partial charge in [0.05, 0.1) is 22.7 Å². The first-order chi connectivity index (χ1) is 16.0. The van der Waals surface area contributed by atoms with Gasteiger partial charge in [-0.25, -0.2) is 4.68 Å². The van der Waals surface area contributed by atoms with Gasteiger partial charge in [-0.15, -0.1) is 0 Å². The van der Waals surface area contributed by atoms with Crippen molar-refractivity contribution in [3.63, 3.8) is 0 Å². The van der Waals surface area contributed by atoms with Crippen LogP contribution in [-0.2, 0) is 11.2 Å². The summed E-state index contributed by atoms with van der Waals surface area (Å²) in [5, 5.41) is 18.9. The van der Waals surface area contributed by atoms with Crippen LogP contribution >= 0.6 is 0 Å². The second-order valence-corrected chi connectivity index (χ2v) is 8.45. The Bertz CT molecular complexity index is 1090. The molecule has 0 saturated carbocycles. The molecule has 0 bridgehead atoms. The summed E-state index contributed by atoms with van der Waals surface area (Å²) in [5.74, 6) is -0.0280. The number of para-hydroxylation sites is 1. The highest BCUT2D eigenvalue weighted by Gasteiger charge is 2.22. The quantitative estimate of drug-likeness (QED) is 0.416. The van der Waals surface area contributed by atoms with Crippen LogP contribution in [0.5, 0.6) is 0 Å². The van der Waals surface area contributed by atoms with Gasteiger partial charge in [-0.1, -0.05) is 25.1 Å². The summed E-state index contributed by atoms with van der Waals surface area (Å²) in [4.78, 5) is 26.0. The molecule has 0 unspecified atom stereocenters. The number of rotatable bonds is 8. The lowest BCUT2D eigenvalue weighted by Gasteiger charge is -2.32. The van der Waals surface area contributed by atoms with Gasteiger partial charge in [-0.3, -0.25) is 14.9 Å². The summed E-state index contributed by atoms with van der Waals surface area (Å²) in [6, 6.07) is 16.2. The first kappa shape index (κ1) is 22.7. The van der Waals surface area contributed by atoms with Gasteiger partial charge in [-0.2, -0.15) is 5.10 Å². The van der Waals surface area contributed by atoms with Crippen LogP contribution < -0.4 is 5.32 Å². The Labute approximate surface area is 193 Å². The lowest BCUT2D eigenvalue weighted by atomic mass is 10.0. The molecule has 0 aliphatic carbocycles. The van der Waals surface area contributed by atoms with Crippen molar-refractivity contribution in [1.82, 2.24) is 20.0 Å². The van der Waals surface area contributed by atoms with E-state index in [9.17, 15) is 14.9 Å². The van der Waals surface area contributed by atoms with Crippen molar-refractivity contribution in [3.8, 4) is 16.9 Å². The van der Waals surface area contributed by atoms with Gasteiger partial charge in [0.1, 0.15) is 0 Å². The highest BCUT2D eigenvalue weighted by atomic mass is 16.6. The molecule has 1 N–H and O–H groups in total. The Hall–Kier alpha value is -3.52. The number of likely N-dealkylation sites (tertiary alicyclic amines) is 1. The van der Waals surface area contributed by atoms with Gasteiger partial charge >= 0.3 is 0 Å². The molecule has 4 rings (SSSR count). The maximum absolute atomic E-state index is 12.9. The molecular weight excluding hydrogens is 418 g/mol. The Kier molecular flexibility index (Phi) is 7.14. The molecule has 3 aromatic rings. The molecule has 8 heteroatoms. The van der Waals surface area contributed by atoms with E-state index in [0.717, 1.165) is 55.7 Å². The number of aromatic nitrogens is 2. The van der Waals surface area contributed by atoms with E-state index in [1.807, 2.05) is 36.5 Å². The fourth-order valence-electron chi connectivity index (χ4n) is 4.30. The monoisotopic (exact) mass is 447 g/mol. The van der Waals surface area contributed by atoms with Crippen molar-refractivity contribution < 1.29 is 9.72 Å². The number of benzene rings is 2. The zero-order valence-corrected chi connectivity index (χ0v) is 18.8. The van der Waals surface area contributed by atoms with Crippen LogP contribution in [0, 0.1) is 10.1 Å². The maximum atomic E-state index is 12.9. The van der Waals surface area contributed by atoms with E-state index in [1.165, 1.54) is 12.1 Å². The minimum atomic E-state index is -0.424. The molecular formula is C25H29N5O3. The summed E-state index contributed by atoms with van der Waals surface area (Å²) < 4.78 is 1.75. The molecule has 1 fully saturated rings. The molecule has 0 atom stereocenters. The van der Waals surface area contributed by atoms with Crippen LogP contribution in [0.25, 0.3) is 16.9 Å². The van der Waals surface area contributed by atoms with E-state index in [0.29, 0.717) is 5.69 Å². The Morgan fingerprint density at radius 3 is 2.45 bits per heavy atom. The largest absolute Gasteiger partial charge is 0.353 e. The number of nitrogens with one attached hydrogen (secondary N) is 1. The molecule has 1 amide bonds. The van der Waals surface area contributed by atoms with E-state index >= 15 is 0 Å². The van der Waals surface area contributed by atoms with Gasteiger partial charge in [0.25, 0.3) is 5.69 Å². The van der Waals surface area contributed by atoms with E-state index in [1.54, 1.807) is 16.8 Å². The Balaban J connectivity index is 1.53. The van der Waals surface area contributed by atoms with Crippen molar-refractivity contribution in [2.24, 2.45) is 0 Å². The maximum Gasteiger partial charge on any atom is 0.269 e. The van der Waals surface area contributed by atoms with Crippen LogP contribution in [0.15, 0.2) is 60.8 Å². The molecule has 0 radical (unpaired) electrons. The van der Waals surface area contributed by atoms with Crippen molar-refractivity contribution in [2.75, 3.05) is 19.6 Å². The fraction of sp³-hybridized carbons (Fsp3) is 0.360. The summed E-state index contributed by atoms with van der Waals surface area (Å²) in [6.07, 6.45) is 5.14. The minimum Gasteiger partial charge on any atom is -0.353 e. The zero-order valence-electron chi connectivity index (χ0n) is 18.8. The molecule has 1 aromatic heterocycles. The fourth-order valence-corrected chi connectivity index (χ4v) is 4.30. The van der Waals surface area contributed by atoms with E-state index in [-0.39, 0.29) is 24.1 Å². The van der Waals surface area contributed by atoms with Crippen molar-refractivity contribution in [1.29, 1.82) is 0 Å². The van der Waals surface area contributed by atoms with Crippen LogP contribution in [0.2, 0.25) is 0 Å². The normalized spacial score (nSPS) is 14.8. The average molecular weight is 448 g/mol. The molecule has 8 nitrogen and oxygen atoms in total. The average Bonchev–Trinajstić information content (AvgIpc) is 3.24. The third kappa shape index (κ3) is 5.64. The minimum absolute atomic E-state index is 0.0231. The van der Waals surface area contributed by atoms with E-state index in [2.05, 4.69) is 17.1 Å². The SMILES string of the molecule is CCCN1CCC(NC(=O)Cc2cn(-c3ccccc3)nc2-c2ccc([N+](=O)[O-])cc2)CC1. The number of hydrogen-bond acceptors (Lipinski definition) is 5. The van der Waals surface area contributed by atoms with Crippen LogP contribution in [0.3, 0.4) is 0 Å². The van der Waals surface area contributed by atoms with Gasteiger partial charge in [-0.05, 0) is 50.1 Å². The lowest BCUT2D eigenvalue weighted by Crippen LogP contribution is -2.45. The zero-order chi connectivity index (χ0) is 23.2. The van der Waals surface area contributed by atoms with Gasteiger partial charge in [0.2, 0.25) is 5.91 Å². The number of nitro groups is 1. The standard InChI is InChI=1S/C25H29N5O3/c1-2-14-28-15-12-21(13-16-28)26-24(31)17-20-18-29(22-6-4-3-5-7-22)27-25(20)19-8-10-23(11-9-19)30(32)33/h3-11,18,21H,2,12-17H2,1H3,(H,26,31). The predicted molar refractivity (Wildman–Crippen MR) is 127 cm³/mol. The molecule has 1 aliphatic rings. The number of nitrogens with zero attached hydrogens (tertiary/aromatic N) is 4. The third-order valence-corrected chi connectivity index (χ3v) is 6.01. The highest BCUT2D eigenvalue weighted by Crippen LogP contribution is 2.26. The molecule has 2 heterocycles. The predicted octanol–water partition coefficient (Wildman–Crippen LogP) is 3.98. The number of carbonyl (C=O) groups is 1.